The van der Waals surface area contributed by atoms with E-state index in [-0.39, 0.29) is 17.2 Å². The van der Waals surface area contributed by atoms with Crippen molar-refractivity contribution in [2.45, 2.75) is 6.54 Å². The van der Waals surface area contributed by atoms with Crippen molar-refractivity contribution in [2.75, 3.05) is 12.4 Å². The van der Waals surface area contributed by atoms with Crippen LogP contribution in [-0.4, -0.2) is 13.0 Å². The molecule has 0 radical (unpaired) electrons. The maximum absolute atomic E-state index is 13.6. The van der Waals surface area contributed by atoms with Crippen LogP contribution in [0.15, 0.2) is 42.5 Å². The van der Waals surface area contributed by atoms with E-state index in [1.54, 1.807) is 37.4 Å². The molecular weight excluding hydrogens is 269 g/mol. The van der Waals surface area contributed by atoms with E-state index >= 15 is 0 Å². The summed E-state index contributed by atoms with van der Waals surface area (Å²) in [7, 11) is 1.57. The van der Waals surface area contributed by atoms with Crippen molar-refractivity contribution in [1.82, 2.24) is 5.32 Å². The van der Waals surface area contributed by atoms with Gasteiger partial charge in [0.15, 0.2) is 0 Å². The fourth-order valence-corrected chi connectivity index (χ4v) is 1.94. The maximum atomic E-state index is 13.6. The Kier molecular flexibility index (Phi) is 4.52. The molecule has 1 amide bonds. The van der Waals surface area contributed by atoms with Crippen LogP contribution in [0.2, 0.25) is 0 Å². The molecular formula is C16H14FN3O. The Morgan fingerprint density at radius 2 is 1.95 bits per heavy atom. The first-order chi connectivity index (χ1) is 10.2. The second kappa shape index (κ2) is 6.53. The summed E-state index contributed by atoms with van der Waals surface area (Å²) in [5, 5.41) is 14.1. The molecule has 5 heteroatoms. The molecule has 0 bridgehead atoms. The highest BCUT2D eigenvalue weighted by molar-refractivity contribution is 5.99. The number of hydrogen-bond acceptors (Lipinski definition) is 3. The van der Waals surface area contributed by atoms with Crippen molar-refractivity contribution >= 4 is 11.6 Å². The number of rotatable bonds is 4. The molecule has 0 spiro atoms. The Labute approximate surface area is 122 Å². The first kappa shape index (κ1) is 14.5. The number of para-hydroxylation sites is 1. The van der Waals surface area contributed by atoms with Gasteiger partial charge in [0, 0.05) is 13.6 Å². The van der Waals surface area contributed by atoms with Gasteiger partial charge in [-0.05, 0) is 29.8 Å². The van der Waals surface area contributed by atoms with E-state index in [2.05, 4.69) is 10.6 Å². The van der Waals surface area contributed by atoms with Gasteiger partial charge in [0.2, 0.25) is 0 Å². The monoisotopic (exact) mass is 283 g/mol. The molecule has 4 nitrogen and oxygen atoms in total. The highest BCUT2D eigenvalue weighted by Gasteiger charge is 2.13. The molecule has 106 valence electrons. The molecule has 0 saturated heterocycles. The van der Waals surface area contributed by atoms with Gasteiger partial charge in [0.1, 0.15) is 5.82 Å². The fourth-order valence-electron chi connectivity index (χ4n) is 1.94. The van der Waals surface area contributed by atoms with E-state index in [1.807, 2.05) is 6.07 Å². The normalized spacial score (nSPS) is 9.76. The lowest BCUT2D eigenvalue weighted by atomic mass is 10.1. The van der Waals surface area contributed by atoms with Crippen molar-refractivity contribution in [3.05, 3.63) is 65.0 Å². The number of carbonyl (C=O) groups excluding carboxylic acids is 1. The molecule has 2 aromatic carbocycles. The van der Waals surface area contributed by atoms with Gasteiger partial charge in [-0.15, -0.1) is 0 Å². The zero-order valence-corrected chi connectivity index (χ0v) is 11.5. The summed E-state index contributed by atoms with van der Waals surface area (Å²) in [6.45, 7) is 0.310. The summed E-state index contributed by atoms with van der Waals surface area (Å²) in [6, 6.07) is 13.3. The van der Waals surface area contributed by atoms with Gasteiger partial charge in [0.25, 0.3) is 5.91 Å². The topological polar surface area (TPSA) is 64.9 Å². The number of hydrogen-bond donors (Lipinski definition) is 2. The Hall–Kier alpha value is -2.87. The molecule has 0 heterocycles. The molecule has 0 saturated carbocycles. The second-order valence-corrected chi connectivity index (χ2v) is 4.40. The summed E-state index contributed by atoms with van der Waals surface area (Å²) in [5.41, 5.74) is 1.86. The summed E-state index contributed by atoms with van der Waals surface area (Å²) in [5.74, 6) is -0.827. The number of nitriles is 1. The van der Waals surface area contributed by atoms with Gasteiger partial charge < -0.3 is 10.6 Å². The molecule has 0 fully saturated rings. The SMILES string of the molecule is CNc1c(F)cccc1C(=O)NCc1ccc(C#N)cc1. The molecule has 0 aliphatic rings. The van der Waals surface area contributed by atoms with E-state index < -0.39 is 5.82 Å². The third kappa shape index (κ3) is 3.37. The third-order valence-corrected chi connectivity index (χ3v) is 3.04. The van der Waals surface area contributed by atoms with Gasteiger partial charge >= 0.3 is 0 Å². The average Bonchev–Trinajstić information content (AvgIpc) is 2.52. The molecule has 0 unspecified atom stereocenters. The van der Waals surface area contributed by atoms with Crippen LogP contribution in [0.5, 0.6) is 0 Å². The van der Waals surface area contributed by atoms with Gasteiger partial charge in [-0.1, -0.05) is 18.2 Å². The van der Waals surface area contributed by atoms with E-state index in [1.165, 1.54) is 12.1 Å². The Morgan fingerprint density at radius 3 is 2.57 bits per heavy atom. The maximum Gasteiger partial charge on any atom is 0.253 e. The summed E-state index contributed by atoms with van der Waals surface area (Å²) in [4.78, 5) is 12.1. The third-order valence-electron chi connectivity index (χ3n) is 3.04. The van der Waals surface area contributed by atoms with E-state index in [0.717, 1.165) is 5.56 Å². The van der Waals surface area contributed by atoms with Crippen molar-refractivity contribution < 1.29 is 9.18 Å². The minimum absolute atomic E-state index is 0.176. The van der Waals surface area contributed by atoms with Crippen LogP contribution in [0.4, 0.5) is 10.1 Å². The Balaban J connectivity index is 2.08. The Bertz CT molecular complexity index is 690. The second-order valence-electron chi connectivity index (χ2n) is 4.40. The smallest absolute Gasteiger partial charge is 0.253 e. The number of nitrogens with one attached hydrogen (secondary N) is 2. The van der Waals surface area contributed by atoms with Crippen LogP contribution in [0.1, 0.15) is 21.5 Å². The standard InChI is InChI=1S/C16H14FN3O/c1-19-15-13(3-2-4-14(15)17)16(21)20-10-12-7-5-11(9-18)6-8-12/h2-8,19H,10H2,1H3,(H,20,21). The van der Waals surface area contributed by atoms with Crippen molar-refractivity contribution in [3.63, 3.8) is 0 Å². The zero-order chi connectivity index (χ0) is 15.2. The van der Waals surface area contributed by atoms with E-state index in [4.69, 9.17) is 5.26 Å². The number of carbonyl (C=O) groups is 1. The van der Waals surface area contributed by atoms with Crippen LogP contribution >= 0.6 is 0 Å². The van der Waals surface area contributed by atoms with Crippen molar-refractivity contribution in [3.8, 4) is 6.07 Å². The lowest BCUT2D eigenvalue weighted by Gasteiger charge is -2.10. The molecule has 0 aliphatic heterocycles. The van der Waals surface area contributed by atoms with E-state index in [0.29, 0.717) is 12.1 Å². The molecule has 0 aliphatic carbocycles. The lowest BCUT2D eigenvalue weighted by Crippen LogP contribution is -2.24. The number of benzene rings is 2. The van der Waals surface area contributed by atoms with Crippen LogP contribution in [0.3, 0.4) is 0 Å². The van der Waals surface area contributed by atoms with Gasteiger partial charge in [-0.25, -0.2) is 4.39 Å². The van der Waals surface area contributed by atoms with Crippen molar-refractivity contribution in [1.29, 1.82) is 5.26 Å². The Morgan fingerprint density at radius 1 is 1.24 bits per heavy atom. The summed E-state index contributed by atoms with van der Waals surface area (Å²) < 4.78 is 13.6. The average molecular weight is 283 g/mol. The molecule has 0 atom stereocenters. The largest absolute Gasteiger partial charge is 0.385 e. The van der Waals surface area contributed by atoms with Crippen LogP contribution in [0.25, 0.3) is 0 Å². The van der Waals surface area contributed by atoms with Crippen molar-refractivity contribution in [2.24, 2.45) is 0 Å². The molecule has 2 aromatic rings. The summed E-state index contributed by atoms with van der Waals surface area (Å²) >= 11 is 0. The number of anilines is 1. The highest BCUT2D eigenvalue weighted by atomic mass is 19.1. The summed E-state index contributed by atoms with van der Waals surface area (Å²) in [6.07, 6.45) is 0. The quantitative estimate of drug-likeness (QED) is 0.906. The molecule has 2 N–H and O–H groups in total. The zero-order valence-electron chi connectivity index (χ0n) is 11.5. The van der Waals surface area contributed by atoms with Crippen LogP contribution < -0.4 is 10.6 Å². The molecule has 0 aromatic heterocycles. The highest BCUT2D eigenvalue weighted by Crippen LogP contribution is 2.19. The minimum Gasteiger partial charge on any atom is -0.385 e. The predicted octanol–water partition coefficient (Wildman–Crippen LogP) is 2.67. The van der Waals surface area contributed by atoms with Gasteiger partial charge in [-0.2, -0.15) is 5.26 Å². The lowest BCUT2D eigenvalue weighted by molar-refractivity contribution is 0.0951. The number of halogens is 1. The van der Waals surface area contributed by atoms with E-state index in [9.17, 15) is 9.18 Å². The number of amides is 1. The first-order valence-corrected chi connectivity index (χ1v) is 6.39. The van der Waals surface area contributed by atoms with Crippen LogP contribution in [0, 0.1) is 17.1 Å². The fraction of sp³-hybridized carbons (Fsp3) is 0.125. The minimum atomic E-state index is -0.469. The van der Waals surface area contributed by atoms with Crippen LogP contribution in [-0.2, 0) is 6.54 Å². The number of nitrogens with zero attached hydrogens (tertiary/aromatic N) is 1. The first-order valence-electron chi connectivity index (χ1n) is 6.39. The molecule has 2 rings (SSSR count). The van der Waals surface area contributed by atoms with Gasteiger partial charge in [-0.3, -0.25) is 4.79 Å². The predicted molar refractivity (Wildman–Crippen MR) is 78.3 cm³/mol. The van der Waals surface area contributed by atoms with Gasteiger partial charge in [0.05, 0.1) is 22.9 Å². The molecule has 21 heavy (non-hydrogen) atoms.